The lowest BCUT2D eigenvalue weighted by Gasteiger charge is -2.10. The molecule has 0 heterocycles. The summed E-state index contributed by atoms with van der Waals surface area (Å²) >= 11 is 0. The van der Waals surface area contributed by atoms with E-state index in [4.69, 9.17) is 0 Å². The third-order valence-electron chi connectivity index (χ3n) is 2.88. The summed E-state index contributed by atoms with van der Waals surface area (Å²) in [5.41, 5.74) is 1.51. The van der Waals surface area contributed by atoms with Gasteiger partial charge in [0.15, 0.2) is 0 Å². The molecule has 0 bridgehead atoms. The smallest absolute Gasteiger partial charge is 0.0158 e. The van der Waals surface area contributed by atoms with Crippen LogP contribution in [0.4, 0.5) is 0 Å². The van der Waals surface area contributed by atoms with Crippen molar-refractivity contribution in [3.63, 3.8) is 0 Å². The Hall–Kier alpha value is -0.300. The zero-order valence-corrected chi connectivity index (χ0v) is 9.10. The van der Waals surface area contributed by atoms with E-state index in [0.29, 0.717) is 0 Å². The lowest BCUT2D eigenvalue weighted by atomic mass is 9.98. The first-order valence-corrected chi connectivity index (χ1v) is 5.65. The minimum atomic E-state index is 0.871. The summed E-state index contributed by atoms with van der Waals surface area (Å²) in [7, 11) is 2.02. The highest BCUT2D eigenvalue weighted by molar-refractivity contribution is 5.03. The van der Waals surface area contributed by atoms with E-state index in [1.54, 1.807) is 0 Å². The van der Waals surface area contributed by atoms with Crippen molar-refractivity contribution >= 4 is 0 Å². The van der Waals surface area contributed by atoms with Crippen LogP contribution in [0.25, 0.3) is 0 Å². The summed E-state index contributed by atoms with van der Waals surface area (Å²) in [6.45, 7) is 3.29. The molecule has 0 aromatic carbocycles. The molecule has 1 nitrogen and oxygen atoms in total. The van der Waals surface area contributed by atoms with Crippen LogP contribution in [0.1, 0.15) is 45.4 Å². The van der Waals surface area contributed by atoms with Crippen molar-refractivity contribution in [2.45, 2.75) is 45.4 Å². The van der Waals surface area contributed by atoms with Gasteiger partial charge in [-0.05, 0) is 32.7 Å². The average molecular weight is 181 g/mol. The van der Waals surface area contributed by atoms with Gasteiger partial charge in [-0.3, -0.25) is 0 Å². The summed E-state index contributed by atoms with van der Waals surface area (Å²) in [6, 6.07) is 0. The van der Waals surface area contributed by atoms with Crippen LogP contribution in [0.3, 0.4) is 0 Å². The van der Waals surface area contributed by atoms with Gasteiger partial charge in [0, 0.05) is 6.54 Å². The van der Waals surface area contributed by atoms with Gasteiger partial charge in [-0.25, -0.2) is 0 Å². The van der Waals surface area contributed by atoms with Gasteiger partial charge in [-0.2, -0.15) is 0 Å². The highest BCUT2D eigenvalue weighted by Gasteiger charge is 2.09. The van der Waals surface area contributed by atoms with Crippen molar-refractivity contribution < 1.29 is 0 Å². The Morgan fingerprint density at radius 3 is 2.38 bits per heavy atom. The van der Waals surface area contributed by atoms with Crippen LogP contribution >= 0.6 is 0 Å². The summed E-state index contributed by atoms with van der Waals surface area (Å²) in [5.74, 6) is 0.871. The first kappa shape index (κ1) is 10.8. The second kappa shape index (κ2) is 6.20. The molecule has 1 aliphatic rings. The van der Waals surface area contributed by atoms with Crippen LogP contribution in [0.15, 0.2) is 11.6 Å². The Morgan fingerprint density at radius 2 is 1.85 bits per heavy atom. The molecule has 0 aliphatic heterocycles. The molecule has 1 fully saturated rings. The third kappa shape index (κ3) is 4.47. The average Bonchev–Trinajstić information content (AvgIpc) is 2.33. The minimum absolute atomic E-state index is 0.871. The number of allylic oxidation sites excluding steroid dienone is 1. The van der Waals surface area contributed by atoms with Crippen molar-refractivity contribution in [2.75, 3.05) is 13.6 Å². The van der Waals surface area contributed by atoms with Gasteiger partial charge in [0.2, 0.25) is 0 Å². The monoisotopic (exact) mass is 181 g/mol. The standard InChI is InChI=1S/C12H23N/c1-11(10-13-2)9-12-7-5-3-4-6-8-12/h9,12-13H,3-8,10H2,1-2H3/b11-9+. The molecular weight excluding hydrogens is 158 g/mol. The first-order valence-electron chi connectivity index (χ1n) is 5.65. The molecule has 0 amide bonds. The quantitative estimate of drug-likeness (QED) is 0.521. The first-order chi connectivity index (χ1) is 6.33. The normalized spacial score (nSPS) is 21.5. The molecule has 1 N–H and O–H groups in total. The van der Waals surface area contributed by atoms with Crippen molar-refractivity contribution in [1.29, 1.82) is 0 Å². The maximum absolute atomic E-state index is 3.20. The third-order valence-corrected chi connectivity index (χ3v) is 2.88. The molecule has 0 spiro atoms. The fourth-order valence-electron chi connectivity index (χ4n) is 2.22. The molecule has 0 aromatic rings. The summed E-state index contributed by atoms with van der Waals surface area (Å²) in [6.07, 6.45) is 11.1. The second-order valence-electron chi connectivity index (χ2n) is 4.29. The maximum atomic E-state index is 3.20. The van der Waals surface area contributed by atoms with Gasteiger partial charge < -0.3 is 5.32 Å². The van der Waals surface area contributed by atoms with Gasteiger partial charge in [0.05, 0.1) is 0 Å². The van der Waals surface area contributed by atoms with E-state index in [1.807, 2.05) is 7.05 Å². The summed E-state index contributed by atoms with van der Waals surface area (Å²) in [5, 5.41) is 3.20. The Morgan fingerprint density at radius 1 is 1.23 bits per heavy atom. The van der Waals surface area contributed by atoms with Crippen molar-refractivity contribution in [2.24, 2.45) is 5.92 Å². The van der Waals surface area contributed by atoms with Crippen LogP contribution in [-0.2, 0) is 0 Å². The van der Waals surface area contributed by atoms with Crippen LogP contribution in [0.5, 0.6) is 0 Å². The highest BCUT2D eigenvalue weighted by atomic mass is 14.8. The zero-order chi connectivity index (χ0) is 9.52. The molecule has 0 radical (unpaired) electrons. The van der Waals surface area contributed by atoms with E-state index < -0.39 is 0 Å². The van der Waals surface area contributed by atoms with E-state index in [-0.39, 0.29) is 0 Å². The highest BCUT2D eigenvalue weighted by Crippen LogP contribution is 2.24. The molecule has 1 aliphatic carbocycles. The molecule has 1 heteroatoms. The van der Waals surface area contributed by atoms with E-state index >= 15 is 0 Å². The summed E-state index contributed by atoms with van der Waals surface area (Å²) < 4.78 is 0. The molecule has 0 saturated heterocycles. The fourth-order valence-corrected chi connectivity index (χ4v) is 2.22. The van der Waals surface area contributed by atoms with Crippen LogP contribution in [0.2, 0.25) is 0 Å². The maximum Gasteiger partial charge on any atom is 0.0158 e. The fraction of sp³-hybridized carbons (Fsp3) is 0.833. The van der Waals surface area contributed by atoms with E-state index in [1.165, 1.54) is 44.1 Å². The molecule has 76 valence electrons. The van der Waals surface area contributed by atoms with E-state index in [9.17, 15) is 0 Å². The van der Waals surface area contributed by atoms with Gasteiger partial charge in [0.1, 0.15) is 0 Å². The molecule has 13 heavy (non-hydrogen) atoms. The Labute approximate surface area is 82.6 Å². The Kier molecular flexibility index (Phi) is 5.14. The predicted octanol–water partition coefficient (Wildman–Crippen LogP) is 3.12. The van der Waals surface area contributed by atoms with Gasteiger partial charge in [0.25, 0.3) is 0 Å². The Balaban J connectivity index is 2.35. The molecule has 1 rings (SSSR count). The van der Waals surface area contributed by atoms with Gasteiger partial charge in [-0.15, -0.1) is 0 Å². The van der Waals surface area contributed by atoms with Crippen LogP contribution in [0, 0.1) is 5.92 Å². The Bertz CT molecular complexity index is 153. The van der Waals surface area contributed by atoms with Crippen molar-refractivity contribution in [3.05, 3.63) is 11.6 Å². The molecule has 0 atom stereocenters. The second-order valence-corrected chi connectivity index (χ2v) is 4.29. The number of nitrogens with one attached hydrogen (secondary N) is 1. The van der Waals surface area contributed by atoms with Crippen molar-refractivity contribution in [3.8, 4) is 0 Å². The van der Waals surface area contributed by atoms with Gasteiger partial charge >= 0.3 is 0 Å². The molecule has 0 unspecified atom stereocenters. The van der Waals surface area contributed by atoms with Crippen LogP contribution < -0.4 is 5.32 Å². The molecule has 1 saturated carbocycles. The van der Waals surface area contributed by atoms with Crippen LogP contribution in [-0.4, -0.2) is 13.6 Å². The van der Waals surface area contributed by atoms with E-state index in [2.05, 4.69) is 18.3 Å². The molecular formula is C12H23N. The van der Waals surface area contributed by atoms with Gasteiger partial charge in [-0.1, -0.05) is 37.3 Å². The summed E-state index contributed by atoms with van der Waals surface area (Å²) in [4.78, 5) is 0. The van der Waals surface area contributed by atoms with E-state index in [0.717, 1.165) is 12.5 Å². The van der Waals surface area contributed by atoms with Crippen molar-refractivity contribution in [1.82, 2.24) is 5.32 Å². The lowest BCUT2D eigenvalue weighted by molar-refractivity contribution is 0.554. The topological polar surface area (TPSA) is 12.0 Å². The zero-order valence-electron chi connectivity index (χ0n) is 9.10. The number of rotatable bonds is 3. The minimum Gasteiger partial charge on any atom is -0.316 e. The lowest BCUT2D eigenvalue weighted by Crippen LogP contribution is -2.09. The predicted molar refractivity (Wildman–Crippen MR) is 58.9 cm³/mol. The number of hydrogen-bond acceptors (Lipinski definition) is 1. The number of hydrogen-bond donors (Lipinski definition) is 1. The SMILES string of the molecule is CNC/C(C)=C/C1CCCCCC1. The molecule has 0 aromatic heterocycles. The number of likely N-dealkylation sites (N-methyl/N-ethyl adjacent to an activating group) is 1. The largest absolute Gasteiger partial charge is 0.316 e.